The zero-order valence-corrected chi connectivity index (χ0v) is 57.2. The number of ether oxygens (including phenoxy) is 15. The van der Waals surface area contributed by atoms with Crippen LogP contribution in [0.4, 0.5) is 0 Å². The number of nitrogens with one attached hydrogen (secondary N) is 4. The quantitative estimate of drug-likeness (QED) is 0.0346. The van der Waals surface area contributed by atoms with E-state index in [-0.39, 0.29) is 0 Å². The molecule has 0 aromatic rings. The van der Waals surface area contributed by atoms with Crippen LogP contribution < -0.4 is 21.3 Å². The number of aliphatic hydroxyl groups excluding tert-OH is 22. The molecule has 47 heteroatoms. The topological polar surface area (TPSA) is 737 Å². The zero-order valence-electron chi connectivity index (χ0n) is 57.2. The monoisotopic (exact) mass is 1550 g/mol. The van der Waals surface area contributed by atoms with Crippen LogP contribution in [0.2, 0.25) is 0 Å². The lowest BCUT2D eigenvalue weighted by Gasteiger charge is -2.51. The van der Waals surface area contributed by atoms with Crippen molar-refractivity contribution in [2.45, 2.75) is 292 Å². The summed E-state index contributed by atoms with van der Waals surface area (Å²) in [7, 11) is 0. The van der Waals surface area contributed by atoms with Gasteiger partial charge in [0.1, 0.15) is 183 Å². The van der Waals surface area contributed by atoms with E-state index >= 15 is 0 Å². The minimum Gasteiger partial charge on any atom is -0.477 e. The average molecular weight is 1550 g/mol. The lowest BCUT2D eigenvalue weighted by atomic mass is 9.88. The lowest BCUT2D eigenvalue weighted by molar-refractivity contribution is -0.390. The van der Waals surface area contributed by atoms with E-state index in [4.69, 9.17) is 71.1 Å². The lowest BCUT2D eigenvalue weighted by Crippen LogP contribution is -2.71. The van der Waals surface area contributed by atoms with Gasteiger partial charge in [0, 0.05) is 34.1 Å². The molecule has 0 bridgehead atoms. The van der Waals surface area contributed by atoms with Gasteiger partial charge in [-0.2, -0.15) is 0 Å². The molecule has 47 nitrogen and oxygen atoms in total. The third-order valence-electron chi connectivity index (χ3n) is 19.2. The summed E-state index contributed by atoms with van der Waals surface area (Å²) >= 11 is 0. The first-order chi connectivity index (χ1) is 49.9. The van der Waals surface area contributed by atoms with Crippen molar-refractivity contribution in [3.8, 4) is 0 Å². The second kappa shape index (κ2) is 37.5. The second-order valence-electron chi connectivity index (χ2n) is 26.8. The minimum atomic E-state index is -3.23. The van der Waals surface area contributed by atoms with E-state index in [2.05, 4.69) is 21.3 Å². The van der Waals surface area contributed by atoms with Crippen LogP contribution in [0.1, 0.15) is 41.0 Å². The van der Waals surface area contributed by atoms with Crippen LogP contribution in [0, 0.1) is 0 Å². The van der Waals surface area contributed by atoms with Crippen molar-refractivity contribution in [2.75, 3.05) is 46.2 Å². The van der Waals surface area contributed by atoms with Gasteiger partial charge in [0.2, 0.25) is 23.6 Å². The SMILES string of the molecule is CC(=O)N[C@@H]1[C@@H](O[C@@H]2O[C@H](CO)[C@H](O)[C@H](O[C@@H]3O[C@H](CO)[C@@H](O[C@@H]4O[C@H](CO)[C@H](O)[C@H](O)[C@H]4O[C@@H]4O[C@@H](C)[C@@H](O)[C@@H](O)[C@@H]4O)[C@H](O)[C@H]3NC(C)=O)[C@H]2O)[C@@H](O)[C@@H](CO[C@@H]2O[C@H](CO)[C@@H](O[C@@H]3O[C@H](CO)[C@H](O)[C@H](O[C@]4(C(=O)O)C[C@H](O)[C@@H](NC(C)=O)[C@H]([C@H](O)[C@H](O)CO)O4)[C@H]3O)[C@H](O)[C@H]2NC(C)=O)O[C@@H]1O. The summed E-state index contributed by atoms with van der Waals surface area (Å²) in [4.78, 5) is 63.6. The van der Waals surface area contributed by atoms with Gasteiger partial charge in [0.05, 0.1) is 64.5 Å². The molecule has 0 aromatic carbocycles. The van der Waals surface area contributed by atoms with Crippen molar-refractivity contribution in [1.82, 2.24) is 21.3 Å². The average Bonchev–Trinajstić information content (AvgIpc) is 0.757. The van der Waals surface area contributed by atoms with Gasteiger partial charge < -0.3 is 210 Å². The number of hydrogen-bond acceptors (Lipinski definition) is 42. The van der Waals surface area contributed by atoms with E-state index in [1.165, 1.54) is 6.92 Å². The Kier molecular flexibility index (Phi) is 30.9. The predicted molar refractivity (Wildman–Crippen MR) is 327 cm³/mol. The number of carbonyl (C=O) groups excluding carboxylic acids is 4. The Morgan fingerprint density at radius 2 is 0.821 bits per heavy atom. The van der Waals surface area contributed by atoms with E-state index < -0.39 is 333 Å². The highest BCUT2D eigenvalue weighted by Gasteiger charge is 2.63. The number of carbonyl (C=O) groups is 5. The maximum Gasteiger partial charge on any atom is 0.364 e. The highest BCUT2D eigenvalue weighted by atomic mass is 16.8. The molecule has 8 heterocycles. The van der Waals surface area contributed by atoms with Gasteiger partial charge in [-0.15, -0.1) is 0 Å². The van der Waals surface area contributed by atoms with Gasteiger partial charge in [-0.1, -0.05) is 0 Å². The Morgan fingerprint density at radius 3 is 1.34 bits per heavy atom. The van der Waals surface area contributed by atoms with Crippen LogP contribution in [0.3, 0.4) is 0 Å². The number of aliphatic carboxylic acids is 1. The van der Waals surface area contributed by atoms with Gasteiger partial charge in [-0.25, -0.2) is 4.79 Å². The fraction of sp³-hybridized carbons (Fsp3) is 0.915. The molecule has 0 spiro atoms. The Bertz CT molecular complexity index is 2860. The van der Waals surface area contributed by atoms with Crippen molar-refractivity contribution in [3.05, 3.63) is 0 Å². The third-order valence-corrected chi connectivity index (χ3v) is 19.2. The van der Waals surface area contributed by atoms with Crippen LogP contribution in [-0.4, -0.2) is 444 Å². The fourth-order valence-electron chi connectivity index (χ4n) is 13.6. The Labute approximate surface area is 600 Å². The van der Waals surface area contributed by atoms with Crippen LogP contribution >= 0.6 is 0 Å². The van der Waals surface area contributed by atoms with Crippen molar-refractivity contribution < 1.29 is 212 Å². The highest BCUT2D eigenvalue weighted by molar-refractivity contribution is 5.77. The Morgan fingerprint density at radius 1 is 0.406 bits per heavy atom. The van der Waals surface area contributed by atoms with Gasteiger partial charge in [-0.3, -0.25) is 19.2 Å². The molecule has 0 saturated carbocycles. The summed E-state index contributed by atoms with van der Waals surface area (Å²) in [6.07, 6.45) is -74.2. The molecule has 612 valence electrons. The van der Waals surface area contributed by atoms with E-state index in [1.54, 1.807) is 0 Å². The summed E-state index contributed by atoms with van der Waals surface area (Å²) in [5.74, 6) is -8.92. The summed E-state index contributed by atoms with van der Waals surface area (Å²) in [5.41, 5.74) is 0. The fourth-order valence-corrected chi connectivity index (χ4v) is 13.6. The minimum absolute atomic E-state index is 0.845. The molecule has 8 aliphatic heterocycles. The molecule has 106 heavy (non-hydrogen) atoms. The summed E-state index contributed by atoms with van der Waals surface area (Å²) in [6.45, 7) is -2.54. The van der Waals surface area contributed by atoms with Crippen LogP contribution in [0.15, 0.2) is 0 Å². The van der Waals surface area contributed by atoms with Crippen molar-refractivity contribution >= 4 is 29.6 Å². The first-order valence-electron chi connectivity index (χ1n) is 33.6. The van der Waals surface area contributed by atoms with E-state index in [0.717, 1.165) is 27.7 Å². The molecule has 27 N–H and O–H groups in total. The summed E-state index contributed by atoms with van der Waals surface area (Å²) in [6, 6.07) is -7.28. The first kappa shape index (κ1) is 87.4. The maximum atomic E-state index is 13.1. The van der Waals surface area contributed by atoms with Gasteiger partial charge >= 0.3 is 5.97 Å². The standard InChI is InChI=1S/C59H98N4O43/c1-14-31(76)39(84)41(86)54(93-14)104-50-40(85)33(78)21(8-65)97-57(50)101-45-25(12-69)99-53(29(38(45)83)62-17(4)72)103-48-34(79)22(9-66)95-55(42(48)87)102-46-30(63-18(5)73)51(89)94-26(36(46)81)13-92-52-28(61-16(3)71)37(82)44(24(11-68)98-52)100-56-43(88)49(35(80)23(10-67)96-56)106-59(58(90)91)6-19(74)27(60-15(2)70)47(105-59)32(77)20(75)7-64/h14,19-57,64-69,74-89H,6-13H2,1-5H3,(H,60,70)(H,61,71)(H,62,72)(H,63,73)(H,90,91)/t14-,19-,20+,21+,22+,23+,24+,25+,26+,27+,28+,29+,30+,31+,32+,33-,34-,35-,36-,37+,38+,39+,40-,41-,42+,43+,44+,45+,46+,47+,48-,49-,50+,51-,52+,53-,54-,55-,56-,57-,59-/m0/s1. The number of aliphatic hydroxyl groups is 22. The number of carboxylic acids is 1. The smallest absolute Gasteiger partial charge is 0.364 e. The second-order valence-corrected chi connectivity index (χ2v) is 26.8. The molecule has 4 amide bonds. The molecule has 8 fully saturated rings. The molecule has 0 radical (unpaired) electrons. The van der Waals surface area contributed by atoms with E-state index in [0.29, 0.717) is 0 Å². The number of amides is 4. The normalized spacial score (nSPS) is 47.2. The number of hydrogen-bond donors (Lipinski definition) is 27. The van der Waals surface area contributed by atoms with Gasteiger partial charge in [-0.05, 0) is 6.92 Å². The maximum absolute atomic E-state index is 13.1. The molecule has 8 aliphatic rings. The highest BCUT2D eigenvalue weighted by Crippen LogP contribution is 2.41. The Hall–Kier alpha value is -4.13. The summed E-state index contributed by atoms with van der Waals surface area (Å²) in [5, 5.41) is 263. The largest absolute Gasteiger partial charge is 0.477 e. The summed E-state index contributed by atoms with van der Waals surface area (Å²) < 4.78 is 87.2. The number of carboxylic acid groups (broad SMARTS) is 1. The number of rotatable bonds is 28. The van der Waals surface area contributed by atoms with Crippen molar-refractivity contribution in [2.24, 2.45) is 0 Å². The van der Waals surface area contributed by atoms with Crippen LogP contribution in [-0.2, 0) is 95.0 Å². The molecule has 41 atom stereocenters. The van der Waals surface area contributed by atoms with Crippen LogP contribution in [0.5, 0.6) is 0 Å². The van der Waals surface area contributed by atoms with E-state index in [9.17, 15) is 141 Å². The van der Waals surface area contributed by atoms with E-state index in [1.807, 2.05) is 0 Å². The molecule has 0 unspecified atom stereocenters. The predicted octanol–water partition coefficient (Wildman–Crippen LogP) is -17.6. The Balaban J connectivity index is 0.988. The van der Waals surface area contributed by atoms with Crippen molar-refractivity contribution in [1.29, 1.82) is 0 Å². The molecular weight excluding hydrogens is 1450 g/mol. The first-order valence-corrected chi connectivity index (χ1v) is 33.6. The molecule has 0 aliphatic carbocycles. The molecule has 8 saturated heterocycles. The molecular formula is C59H98N4O43. The molecule has 0 aromatic heterocycles. The van der Waals surface area contributed by atoms with Crippen LogP contribution in [0.25, 0.3) is 0 Å². The zero-order chi connectivity index (χ0) is 78.6. The third kappa shape index (κ3) is 19.1. The van der Waals surface area contributed by atoms with Crippen molar-refractivity contribution in [3.63, 3.8) is 0 Å². The molecule has 8 rings (SSSR count). The van der Waals surface area contributed by atoms with Gasteiger partial charge in [0.25, 0.3) is 5.79 Å². The van der Waals surface area contributed by atoms with Gasteiger partial charge in [0.15, 0.2) is 44.0 Å².